The molecular formula is C10H12ClF3N2. The van der Waals surface area contributed by atoms with Gasteiger partial charge < -0.3 is 4.90 Å². The third kappa shape index (κ3) is 2.78. The molecule has 0 spiro atoms. The van der Waals surface area contributed by atoms with E-state index in [2.05, 4.69) is 4.98 Å². The predicted molar refractivity (Wildman–Crippen MR) is 57.8 cm³/mol. The fourth-order valence-electron chi connectivity index (χ4n) is 1.34. The van der Waals surface area contributed by atoms with Crippen molar-refractivity contribution < 1.29 is 13.2 Å². The van der Waals surface area contributed by atoms with Crippen molar-refractivity contribution in [3.8, 4) is 0 Å². The van der Waals surface area contributed by atoms with Gasteiger partial charge in [-0.2, -0.15) is 13.2 Å². The summed E-state index contributed by atoms with van der Waals surface area (Å²) in [7, 11) is 0. The molecule has 2 nitrogen and oxygen atoms in total. The van der Waals surface area contributed by atoms with Gasteiger partial charge in [0.2, 0.25) is 0 Å². The van der Waals surface area contributed by atoms with Crippen LogP contribution in [0, 0.1) is 0 Å². The van der Waals surface area contributed by atoms with Gasteiger partial charge in [-0.05, 0) is 19.9 Å². The zero-order chi connectivity index (χ0) is 12.3. The van der Waals surface area contributed by atoms with Crippen LogP contribution >= 0.6 is 11.6 Å². The molecule has 0 radical (unpaired) electrons. The second-order valence-electron chi connectivity index (χ2n) is 3.20. The van der Waals surface area contributed by atoms with E-state index in [1.807, 2.05) is 13.8 Å². The molecule has 1 aromatic rings. The van der Waals surface area contributed by atoms with Gasteiger partial charge in [0.1, 0.15) is 5.82 Å². The van der Waals surface area contributed by atoms with Gasteiger partial charge in [0.25, 0.3) is 0 Å². The van der Waals surface area contributed by atoms with Crippen LogP contribution in [-0.2, 0) is 6.18 Å². The van der Waals surface area contributed by atoms with Crippen molar-refractivity contribution in [3.63, 3.8) is 0 Å². The SMILES string of the molecule is CCN(CC)c1ncc(C(F)(F)F)cc1Cl. The lowest BCUT2D eigenvalue weighted by atomic mass is 10.2. The summed E-state index contributed by atoms with van der Waals surface area (Å²) < 4.78 is 37.1. The van der Waals surface area contributed by atoms with Gasteiger partial charge in [0, 0.05) is 19.3 Å². The molecule has 6 heteroatoms. The Kier molecular flexibility index (Phi) is 4.02. The monoisotopic (exact) mass is 252 g/mol. The Morgan fingerprint density at radius 2 is 1.88 bits per heavy atom. The highest BCUT2D eigenvalue weighted by Gasteiger charge is 2.31. The Morgan fingerprint density at radius 3 is 2.25 bits per heavy atom. The number of hydrogen-bond donors (Lipinski definition) is 0. The maximum atomic E-state index is 12.4. The zero-order valence-electron chi connectivity index (χ0n) is 8.98. The van der Waals surface area contributed by atoms with E-state index < -0.39 is 11.7 Å². The molecule has 1 heterocycles. The van der Waals surface area contributed by atoms with E-state index in [4.69, 9.17) is 11.6 Å². The molecule has 1 aromatic heterocycles. The van der Waals surface area contributed by atoms with Crippen molar-refractivity contribution in [3.05, 3.63) is 22.8 Å². The number of hydrogen-bond acceptors (Lipinski definition) is 2. The molecule has 0 bridgehead atoms. The normalized spacial score (nSPS) is 11.6. The van der Waals surface area contributed by atoms with Gasteiger partial charge in [-0.25, -0.2) is 4.98 Å². The minimum Gasteiger partial charge on any atom is -0.356 e. The van der Waals surface area contributed by atoms with E-state index in [1.54, 1.807) is 4.90 Å². The third-order valence-corrected chi connectivity index (χ3v) is 2.49. The lowest BCUT2D eigenvalue weighted by Crippen LogP contribution is -2.23. The number of halogens is 4. The van der Waals surface area contributed by atoms with E-state index in [9.17, 15) is 13.2 Å². The number of aromatic nitrogens is 1. The van der Waals surface area contributed by atoms with Crippen LogP contribution in [-0.4, -0.2) is 18.1 Å². The van der Waals surface area contributed by atoms with Crippen molar-refractivity contribution in [2.45, 2.75) is 20.0 Å². The lowest BCUT2D eigenvalue weighted by Gasteiger charge is -2.21. The Morgan fingerprint density at radius 1 is 1.31 bits per heavy atom. The van der Waals surface area contributed by atoms with Crippen molar-refractivity contribution >= 4 is 17.4 Å². The predicted octanol–water partition coefficient (Wildman–Crippen LogP) is 3.60. The summed E-state index contributed by atoms with van der Waals surface area (Å²) in [6.07, 6.45) is -3.60. The molecular weight excluding hydrogens is 241 g/mol. The first-order valence-electron chi connectivity index (χ1n) is 4.87. The molecule has 90 valence electrons. The van der Waals surface area contributed by atoms with Crippen LogP contribution in [0.1, 0.15) is 19.4 Å². The molecule has 0 amide bonds. The average Bonchev–Trinajstić information content (AvgIpc) is 2.20. The van der Waals surface area contributed by atoms with Crippen molar-refractivity contribution in [2.24, 2.45) is 0 Å². The van der Waals surface area contributed by atoms with E-state index in [0.29, 0.717) is 18.9 Å². The molecule has 0 aliphatic rings. The Bertz CT molecular complexity index is 362. The lowest BCUT2D eigenvalue weighted by molar-refractivity contribution is -0.137. The fraction of sp³-hybridized carbons (Fsp3) is 0.500. The van der Waals surface area contributed by atoms with Gasteiger partial charge in [0.05, 0.1) is 10.6 Å². The summed E-state index contributed by atoms with van der Waals surface area (Å²) >= 11 is 5.78. The van der Waals surface area contributed by atoms with Gasteiger partial charge in [0.15, 0.2) is 0 Å². The first-order chi connectivity index (χ1) is 7.40. The number of nitrogens with zero attached hydrogens (tertiary/aromatic N) is 2. The number of alkyl halides is 3. The van der Waals surface area contributed by atoms with Gasteiger partial charge in [-0.15, -0.1) is 0 Å². The van der Waals surface area contributed by atoms with Crippen LogP contribution in [0.25, 0.3) is 0 Å². The molecule has 0 atom stereocenters. The molecule has 0 saturated carbocycles. The summed E-state index contributed by atoms with van der Waals surface area (Å²) in [5.74, 6) is 0.389. The summed E-state index contributed by atoms with van der Waals surface area (Å²) in [4.78, 5) is 5.55. The largest absolute Gasteiger partial charge is 0.417 e. The number of rotatable bonds is 3. The highest BCUT2D eigenvalue weighted by molar-refractivity contribution is 6.33. The van der Waals surface area contributed by atoms with Crippen LogP contribution in [0.5, 0.6) is 0 Å². The quantitative estimate of drug-likeness (QED) is 0.817. The van der Waals surface area contributed by atoms with Crippen LogP contribution in [0.3, 0.4) is 0 Å². The molecule has 0 unspecified atom stereocenters. The molecule has 0 aromatic carbocycles. The fourth-order valence-corrected chi connectivity index (χ4v) is 1.63. The van der Waals surface area contributed by atoms with E-state index in [1.165, 1.54) is 0 Å². The zero-order valence-corrected chi connectivity index (χ0v) is 9.73. The third-order valence-electron chi connectivity index (χ3n) is 2.21. The minimum absolute atomic E-state index is 0.0264. The van der Waals surface area contributed by atoms with Gasteiger partial charge in [-0.3, -0.25) is 0 Å². The first kappa shape index (κ1) is 13.1. The second kappa shape index (κ2) is 4.91. The number of pyridine rings is 1. The van der Waals surface area contributed by atoms with E-state index >= 15 is 0 Å². The van der Waals surface area contributed by atoms with Gasteiger partial charge in [-0.1, -0.05) is 11.6 Å². The van der Waals surface area contributed by atoms with Crippen molar-refractivity contribution in [1.29, 1.82) is 0 Å². The van der Waals surface area contributed by atoms with Gasteiger partial charge >= 0.3 is 6.18 Å². The van der Waals surface area contributed by atoms with Crippen molar-refractivity contribution in [1.82, 2.24) is 4.98 Å². The molecule has 0 saturated heterocycles. The molecule has 1 rings (SSSR count). The molecule has 0 aliphatic heterocycles. The first-order valence-corrected chi connectivity index (χ1v) is 5.25. The highest BCUT2D eigenvalue weighted by atomic mass is 35.5. The van der Waals surface area contributed by atoms with Crippen LogP contribution in [0.2, 0.25) is 5.02 Å². The highest BCUT2D eigenvalue weighted by Crippen LogP contribution is 2.33. The number of anilines is 1. The Labute approximate surface area is 97.0 Å². The van der Waals surface area contributed by atoms with Crippen LogP contribution in [0.4, 0.5) is 19.0 Å². The van der Waals surface area contributed by atoms with Crippen LogP contribution in [0.15, 0.2) is 12.3 Å². The molecule has 0 aliphatic carbocycles. The maximum absolute atomic E-state index is 12.4. The van der Waals surface area contributed by atoms with E-state index in [0.717, 1.165) is 12.3 Å². The summed E-state index contributed by atoms with van der Waals surface area (Å²) in [6.45, 7) is 5.07. The Hall–Kier alpha value is -0.970. The van der Waals surface area contributed by atoms with Crippen molar-refractivity contribution in [2.75, 3.05) is 18.0 Å². The summed E-state index contributed by atoms with van der Waals surface area (Å²) in [5.41, 5.74) is -0.826. The smallest absolute Gasteiger partial charge is 0.356 e. The van der Waals surface area contributed by atoms with E-state index in [-0.39, 0.29) is 5.02 Å². The standard InChI is InChI=1S/C10H12ClF3N2/c1-3-16(4-2)9-8(11)5-7(6-15-9)10(12,13)14/h5-6H,3-4H2,1-2H3. The summed E-state index contributed by atoms with van der Waals surface area (Å²) in [5, 5.41) is 0.0264. The molecule has 0 N–H and O–H groups in total. The average molecular weight is 253 g/mol. The maximum Gasteiger partial charge on any atom is 0.417 e. The summed E-state index contributed by atoms with van der Waals surface area (Å²) in [6, 6.07) is 0.905. The Balaban J connectivity index is 3.09. The molecule has 16 heavy (non-hydrogen) atoms. The van der Waals surface area contributed by atoms with Crippen LogP contribution < -0.4 is 4.90 Å². The second-order valence-corrected chi connectivity index (χ2v) is 3.61. The topological polar surface area (TPSA) is 16.1 Å². The minimum atomic E-state index is -4.40. The molecule has 0 fully saturated rings.